The molecule has 2 N–H and O–H groups in total. The van der Waals surface area contributed by atoms with Crippen LogP contribution < -0.4 is 5.32 Å². The molecule has 1 rings (SSSR count). The summed E-state index contributed by atoms with van der Waals surface area (Å²) in [4.78, 5) is 26.0. The lowest BCUT2D eigenvalue weighted by molar-refractivity contribution is -0.119. The highest BCUT2D eigenvalue weighted by Gasteiger charge is 2.17. The summed E-state index contributed by atoms with van der Waals surface area (Å²) in [6.45, 7) is 5.16. The second-order valence-electron chi connectivity index (χ2n) is 3.40. The number of carbonyl (C=O) groups excluding carboxylic acids is 2. The first kappa shape index (κ1) is 15.7. The molecule has 5 nitrogen and oxygen atoms in total. The van der Waals surface area contributed by atoms with Crippen molar-refractivity contribution in [1.29, 1.82) is 0 Å². The van der Waals surface area contributed by atoms with Crippen molar-refractivity contribution in [2.75, 3.05) is 6.61 Å². The van der Waals surface area contributed by atoms with Gasteiger partial charge in [0.05, 0.1) is 12.1 Å². The van der Waals surface area contributed by atoms with Crippen LogP contribution in [0.2, 0.25) is 0 Å². The van der Waals surface area contributed by atoms with E-state index in [9.17, 15) is 9.59 Å². The number of nitrogens with one attached hydrogen (secondary N) is 1. The third-order valence-electron chi connectivity index (χ3n) is 1.64. The zero-order valence-electron chi connectivity index (χ0n) is 10.3. The van der Waals surface area contributed by atoms with Crippen LogP contribution in [0.15, 0.2) is 10.9 Å². The van der Waals surface area contributed by atoms with E-state index < -0.39 is 18.6 Å². The molecule has 1 aromatic rings. The number of aliphatic hydroxyl groups is 1. The van der Waals surface area contributed by atoms with E-state index in [4.69, 9.17) is 5.11 Å². The van der Waals surface area contributed by atoms with Crippen LogP contribution in [0.1, 0.15) is 37.7 Å². The van der Waals surface area contributed by atoms with Gasteiger partial charge in [-0.15, -0.1) is 11.3 Å². The normalized spacial score (nSPS) is 11.1. The highest BCUT2D eigenvalue weighted by atomic mass is 32.1. The Kier molecular flexibility index (Phi) is 8.17. The number of rotatable bonds is 4. The summed E-state index contributed by atoms with van der Waals surface area (Å²) >= 11 is 1.29. The Hall–Kier alpha value is -1.27. The molecule has 0 aliphatic rings. The van der Waals surface area contributed by atoms with Gasteiger partial charge in [-0.2, -0.15) is 0 Å². The molecule has 1 atom stereocenters. The third kappa shape index (κ3) is 6.13. The van der Waals surface area contributed by atoms with Crippen molar-refractivity contribution in [3.05, 3.63) is 16.6 Å². The van der Waals surface area contributed by atoms with Crippen LogP contribution in [0.4, 0.5) is 0 Å². The van der Waals surface area contributed by atoms with Crippen molar-refractivity contribution >= 4 is 23.0 Å². The number of hydrogen-bond donors (Lipinski definition) is 2. The molecule has 1 heterocycles. The number of hydrogen-bond acceptors (Lipinski definition) is 5. The molecule has 96 valence electrons. The molecular formula is C11H18N2O3S. The molecular weight excluding hydrogens is 240 g/mol. The van der Waals surface area contributed by atoms with E-state index in [-0.39, 0.29) is 11.5 Å². The first-order chi connectivity index (χ1) is 8.06. The van der Waals surface area contributed by atoms with Crippen LogP contribution in [0.3, 0.4) is 0 Å². The molecule has 0 saturated carbocycles. The minimum atomic E-state index is -0.843. The summed E-state index contributed by atoms with van der Waals surface area (Å²) < 4.78 is 0. The number of carbonyl (C=O) groups is 2. The lowest BCUT2D eigenvalue weighted by Crippen LogP contribution is -2.42. The van der Waals surface area contributed by atoms with Crippen molar-refractivity contribution in [2.24, 2.45) is 0 Å². The van der Waals surface area contributed by atoms with Crippen LogP contribution in [0, 0.1) is 0 Å². The molecule has 0 saturated heterocycles. The molecule has 0 radical (unpaired) electrons. The fourth-order valence-electron chi connectivity index (χ4n) is 0.833. The van der Waals surface area contributed by atoms with Gasteiger partial charge < -0.3 is 10.4 Å². The number of Topliss-reactive ketones (excluding diaryl/α,β-unsaturated/α-hetero) is 1. The van der Waals surface area contributed by atoms with Crippen LogP contribution in [0.25, 0.3) is 0 Å². The molecule has 1 amide bonds. The van der Waals surface area contributed by atoms with Gasteiger partial charge in [0.1, 0.15) is 11.7 Å². The molecule has 6 heteroatoms. The van der Waals surface area contributed by atoms with Gasteiger partial charge in [-0.05, 0) is 6.92 Å². The molecule has 1 aromatic heterocycles. The first-order valence-electron chi connectivity index (χ1n) is 5.37. The Morgan fingerprint density at radius 1 is 1.53 bits per heavy atom. The fourth-order valence-corrected chi connectivity index (χ4v) is 1.36. The summed E-state index contributed by atoms with van der Waals surface area (Å²) in [5, 5.41) is 12.7. The summed E-state index contributed by atoms with van der Waals surface area (Å²) in [7, 11) is 0. The average molecular weight is 258 g/mol. The van der Waals surface area contributed by atoms with E-state index in [1.165, 1.54) is 30.2 Å². The van der Waals surface area contributed by atoms with Gasteiger partial charge in [-0.25, -0.2) is 4.98 Å². The first-order valence-corrected chi connectivity index (χ1v) is 6.31. The molecule has 1 unspecified atom stereocenters. The Labute approximate surface area is 105 Å². The summed E-state index contributed by atoms with van der Waals surface area (Å²) in [6, 6.07) is -0.843. The van der Waals surface area contributed by atoms with E-state index in [1.807, 2.05) is 0 Å². The quantitative estimate of drug-likeness (QED) is 0.851. The average Bonchev–Trinajstić information content (AvgIpc) is 2.79. The molecule has 17 heavy (non-hydrogen) atoms. The van der Waals surface area contributed by atoms with Gasteiger partial charge in [-0.1, -0.05) is 20.3 Å². The number of nitrogens with zero attached hydrogens (tertiary/aromatic N) is 1. The van der Waals surface area contributed by atoms with Gasteiger partial charge in [0.2, 0.25) is 0 Å². The zero-order chi connectivity index (χ0) is 13.3. The van der Waals surface area contributed by atoms with Crippen molar-refractivity contribution in [3.63, 3.8) is 0 Å². The SMILES string of the molecule is CC(=O)C(CO)NC(=O)c1cscn1.CCC. The van der Waals surface area contributed by atoms with E-state index in [0.717, 1.165) is 0 Å². The zero-order valence-corrected chi connectivity index (χ0v) is 11.1. The number of thiazole rings is 1. The van der Waals surface area contributed by atoms with Gasteiger partial charge in [0, 0.05) is 5.38 Å². The number of ketones is 1. The maximum absolute atomic E-state index is 11.3. The summed E-state index contributed by atoms with van der Waals surface area (Å²) in [5.74, 6) is -0.725. The standard InChI is InChI=1S/C8H10N2O3S.C3H8/c1-5(12)6(2-11)10-8(13)7-3-14-4-9-7;1-3-2/h3-4,6,11H,2H2,1H3,(H,10,13);3H2,1-2H3. The maximum Gasteiger partial charge on any atom is 0.271 e. The smallest absolute Gasteiger partial charge is 0.271 e. The predicted molar refractivity (Wildman–Crippen MR) is 67.1 cm³/mol. The van der Waals surface area contributed by atoms with Gasteiger partial charge in [0.15, 0.2) is 5.78 Å². The molecule has 0 spiro atoms. The molecule has 0 aliphatic heterocycles. The minimum absolute atomic E-state index is 0.259. The highest BCUT2D eigenvalue weighted by molar-refractivity contribution is 7.07. The molecule has 0 aromatic carbocycles. The largest absolute Gasteiger partial charge is 0.394 e. The third-order valence-corrected chi connectivity index (χ3v) is 2.23. The highest BCUT2D eigenvalue weighted by Crippen LogP contribution is 2.01. The van der Waals surface area contributed by atoms with Crippen LogP contribution in [-0.4, -0.2) is 34.4 Å². The lowest BCUT2D eigenvalue weighted by atomic mass is 10.2. The second kappa shape index (κ2) is 8.83. The van der Waals surface area contributed by atoms with Gasteiger partial charge >= 0.3 is 0 Å². The molecule has 0 bridgehead atoms. The van der Waals surface area contributed by atoms with Crippen LogP contribution in [-0.2, 0) is 4.79 Å². The number of aliphatic hydroxyl groups excluding tert-OH is 1. The number of aromatic nitrogens is 1. The Morgan fingerprint density at radius 3 is 2.47 bits per heavy atom. The Bertz CT molecular complexity index is 338. The van der Waals surface area contributed by atoms with Crippen LogP contribution >= 0.6 is 11.3 Å². The molecule has 0 fully saturated rings. The topological polar surface area (TPSA) is 79.3 Å². The monoisotopic (exact) mass is 258 g/mol. The van der Waals surface area contributed by atoms with Crippen molar-refractivity contribution in [3.8, 4) is 0 Å². The minimum Gasteiger partial charge on any atom is -0.394 e. The van der Waals surface area contributed by atoms with Crippen molar-refractivity contribution in [2.45, 2.75) is 33.2 Å². The Morgan fingerprint density at radius 2 is 2.12 bits per heavy atom. The summed E-state index contributed by atoms with van der Waals surface area (Å²) in [6.07, 6.45) is 1.25. The maximum atomic E-state index is 11.3. The predicted octanol–water partition coefficient (Wildman–Crippen LogP) is 1.24. The number of amides is 1. The van der Waals surface area contributed by atoms with E-state index in [2.05, 4.69) is 24.1 Å². The van der Waals surface area contributed by atoms with Gasteiger partial charge in [-0.3, -0.25) is 9.59 Å². The van der Waals surface area contributed by atoms with E-state index in [0.29, 0.717) is 0 Å². The Balaban J connectivity index is 0.000000770. The van der Waals surface area contributed by atoms with E-state index in [1.54, 1.807) is 5.38 Å². The lowest BCUT2D eigenvalue weighted by Gasteiger charge is -2.11. The van der Waals surface area contributed by atoms with Crippen molar-refractivity contribution < 1.29 is 14.7 Å². The second-order valence-corrected chi connectivity index (χ2v) is 4.12. The van der Waals surface area contributed by atoms with Crippen LogP contribution in [0.5, 0.6) is 0 Å². The fraction of sp³-hybridized carbons (Fsp3) is 0.545. The van der Waals surface area contributed by atoms with Crippen molar-refractivity contribution in [1.82, 2.24) is 10.3 Å². The van der Waals surface area contributed by atoms with E-state index >= 15 is 0 Å². The van der Waals surface area contributed by atoms with Gasteiger partial charge in [0.25, 0.3) is 5.91 Å². The summed E-state index contributed by atoms with van der Waals surface area (Å²) in [5.41, 5.74) is 1.78. The molecule has 0 aliphatic carbocycles.